The Kier molecular flexibility index (Phi) is 4.86. The van der Waals surface area contributed by atoms with E-state index in [4.69, 9.17) is 9.47 Å². The van der Waals surface area contributed by atoms with Gasteiger partial charge in [-0.2, -0.15) is 0 Å². The number of rotatable bonds is 4. The Morgan fingerprint density at radius 1 is 1.10 bits per heavy atom. The summed E-state index contributed by atoms with van der Waals surface area (Å²) in [6.45, 7) is -0.193. The molecule has 2 aliphatic rings. The molecule has 1 aliphatic heterocycles. The maximum atomic E-state index is 12.3. The quantitative estimate of drug-likeness (QED) is 0.524. The smallest absolute Gasteiger partial charge is 0.176 e. The molecule has 0 spiro atoms. The molecule has 1 saturated carbocycles. The van der Waals surface area contributed by atoms with Gasteiger partial charge in [0, 0.05) is 10.4 Å². The van der Waals surface area contributed by atoms with Crippen molar-refractivity contribution in [1.82, 2.24) is 0 Å². The number of halogens is 1. The van der Waals surface area contributed by atoms with Crippen LogP contribution in [0.25, 0.3) is 0 Å². The zero-order valence-corrected chi connectivity index (χ0v) is 18.5. The van der Waals surface area contributed by atoms with Gasteiger partial charge in [-0.3, -0.25) is 0 Å². The van der Waals surface area contributed by atoms with E-state index in [9.17, 15) is 15.3 Å². The number of hydrogen-bond acceptors (Lipinski definition) is 5. The Labute approximate surface area is 189 Å². The van der Waals surface area contributed by atoms with Crippen LogP contribution in [-0.2, 0) is 17.8 Å². The minimum absolute atomic E-state index is 0.193. The van der Waals surface area contributed by atoms with E-state index in [1.165, 1.54) is 7.11 Å². The lowest BCUT2D eigenvalue weighted by Crippen LogP contribution is -2.52. The monoisotopic (exact) mass is 482 g/mol. The molecule has 0 bridgehead atoms. The molecule has 6 heteroatoms. The molecule has 3 aromatic carbocycles. The van der Waals surface area contributed by atoms with Crippen LogP contribution in [0.15, 0.2) is 71.2 Å². The second-order valence-corrected chi connectivity index (χ2v) is 9.07. The second-order valence-electron chi connectivity index (χ2n) is 8.16. The van der Waals surface area contributed by atoms with E-state index in [0.29, 0.717) is 29.0 Å². The molecule has 0 unspecified atom stereocenters. The van der Waals surface area contributed by atoms with Gasteiger partial charge in [0.1, 0.15) is 11.5 Å². The third kappa shape index (κ3) is 2.72. The highest BCUT2D eigenvalue weighted by molar-refractivity contribution is 9.10. The highest BCUT2D eigenvalue weighted by Gasteiger charge is 2.73. The summed E-state index contributed by atoms with van der Waals surface area (Å²) in [7, 11) is 1.51. The van der Waals surface area contributed by atoms with Crippen LogP contribution in [0.1, 0.15) is 34.6 Å². The zero-order valence-electron chi connectivity index (χ0n) is 17.0. The van der Waals surface area contributed by atoms with Crippen molar-refractivity contribution in [1.29, 1.82) is 0 Å². The predicted molar refractivity (Wildman–Crippen MR) is 119 cm³/mol. The molecule has 0 amide bonds. The number of ether oxygens (including phenoxy) is 2. The molecular formula is C25H23BrO5. The molecule has 3 N–H and O–H groups in total. The molecule has 31 heavy (non-hydrogen) atoms. The molecule has 1 aliphatic carbocycles. The highest BCUT2D eigenvalue weighted by atomic mass is 79.9. The first-order valence-corrected chi connectivity index (χ1v) is 11.0. The van der Waals surface area contributed by atoms with E-state index < -0.39 is 17.3 Å². The van der Waals surface area contributed by atoms with Crippen LogP contribution < -0.4 is 9.47 Å². The lowest BCUT2D eigenvalue weighted by Gasteiger charge is -2.40. The standard InChI is InChI=1S/C25H23BrO5/c1-30-20-11-15(14-27)12-21-23(20)24(29)22(28)13-19(16-5-3-2-4-6-16)25(24,31-21)17-7-9-18(26)10-8-17/h2-12,19,22,27-29H,13-14H2,1H3/t19-,22+,24+,25-/m0/s1. The summed E-state index contributed by atoms with van der Waals surface area (Å²) in [5.41, 5.74) is -0.257. The first kappa shape index (κ1) is 20.5. The van der Waals surface area contributed by atoms with Gasteiger partial charge in [0.15, 0.2) is 11.2 Å². The fourth-order valence-electron chi connectivity index (χ4n) is 5.33. The van der Waals surface area contributed by atoms with Gasteiger partial charge in [-0.25, -0.2) is 0 Å². The maximum Gasteiger partial charge on any atom is 0.176 e. The van der Waals surface area contributed by atoms with Crippen molar-refractivity contribution in [3.63, 3.8) is 0 Å². The molecule has 0 saturated heterocycles. The SMILES string of the molecule is COc1cc(CO)cc2c1[C@]1(O)[C@H](O)C[C@@H](c3ccccc3)[C@]1(c1ccc(Br)cc1)O2. The normalized spacial score (nSPS) is 28.7. The van der Waals surface area contributed by atoms with E-state index in [-0.39, 0.29) is 12.5 Å². The highest BCUT2D eigenvalue weighted by Crippen LogP contribution is 2.68. The van der Waals surface area contributed by atoms with Crippen molar-refractivity contribution >= 4 is 15.9 Å². The largest absolute Gasteiger partial charge is 0.496 e. The number of methoxy groups -OCH3 is 1. The summed E-state index contributed by atoms with van der Waals surface area (Å²) in [5, 5.41) is 33.3. The van der Waals surface area contributed by atoms with Crippen molar-refractivity contribution < 1.29 is 24.8 Å². The molecule has 0 aromatic heterocycles. The number of aliphatic hydroxyl groups is 3. The Bertz CT molecular complexity index is 1120. The molecule has 1 heterocycles. The fourth-order valence-corrected chi connectivity index (χ4v) is 5.60. The van der Waals surface area contributed by atoms with E-state index in [1.54, 1.807) is 12.1 Å². The molecule has 160 valence electrons. The van der Waals surface area contributed by atoms with Crippen molar-refractivity contribution in [2.75, 3.05) is 7.11 Å². The summed E-state index contributed by atoms with van der Waals surface area (Å²) in [6, 6.07) is 20.8. The summed E-state index contributed by atoms with van der Waals surface area (Å²) in [4.78, 5) is 0. The van der Waals surface area contributed by atoms with Crippen LogP contribution in [0.3, 0.4) is 0 Å². The van der Waals surface area contributed by atoms with E-state index in [2.05, 4.69) is 15.9 Å². The molecule has 5 rings (SSSR count). The zero-order chi connectivity index (χ0) is 21.8. The van der Waals surface area contributed by atoms with Gasteiger partial charge in [0.25, 0.3) is 0 Å². The first-order valence-electron chi connectivity index (χ1n) is 10.2. The summed E-state index contributed by atoms with van der Waals surface area (Å²) in [5.74, 6) is 0.480. The third-order valence-electron chi connectivity index (χ3n) is 6.65. The van der Waals surface area contributed by atoms with E-state index in [0.717, 1.165) is 15.6 Å². The third-order valence-corrected chi connectivity index (χ3v) is 7.18. The van der Waals surface area contributed by atoms with Crippen molar-refractivity contribution in [3.05, 3.63) is 93.5 Å². The van der Waals surface area contributed by atoms with Crippen LogP contribution in [0, 0.1) is 0 Å². The number of hydrogen-bond donors (Lipinski definition) is 3. The van der Waals surface area contributed by atoms with Crippen LogP contribution >= 0.6 is 15.9 Å². The van der Waals surface area contributed by atoms with Gasteiger partial charge in [0.05, 0.1) is 25.4 Å². The van der Waals surface area contributed by atoms with Gasteiger partial charge < -0.3 is 24.8 Å². The Balaban J connectivity index is 1.82. The predicted octanol–water partition coefficient (Wildman–Crippen LogP) is 3.97. The molecule has 4 atom stereocenters. The Hall–Kier alpha value is -2.38. The molecule has 3 aromatic rings. The average Bonchev–Trinajstić information content (AvgIpc) is 3.19. The Morgan fingerprint density at radius 2 is 1.81 bits per heavy atom. The van der Waals surface area contributed by atoms with Gasteiger partial charge >= 0.3 is 0 Å². The summed E-state index contributed by atoms with van der Waals surface area (Å²) in [6.07, 6.45) is -0.766. The lowest BCUT2D eigenvalue weighted by atomic mass is 9.71. The van der Waals surface area contributed by atoms with E-state index in [1.807, 2.05) is 54.6 Å². The van der Waals surface area contributed by atoms with Crippen LogP contribution in [0.2, 0.25) is 0 Å². The van der Waals surface area contributed by atoms with Crippen LogP contribution in [0.5, 0.6) is 11.5 Å². The van der Waals surface area contributed by atoms with Crippen molar-refractivity contribution in [3.8, 4) is 11.5 Å². The fraction of sp³-hybridized carbons (Fsp3) is 0.280. The van der Waals surface area contributed by atoms with Crippen molar-refractivity contribution in [2.24, 2.45) is 0 Å². The minimum atomic E-state index is -1.74. The molecule has 1 fully saturated rings. The minimum Gasteiger partial charge on any atom is -0.496 e. The number of benzene rings is 3. The summed E-state index contributed by atoms with van der Waals surface area (Å²) < 4.78 is 13.2. The topological polar surface area (TPSA) is 79.2 Å². The number of aliphatic hydroxyl groups excluding tert-OH is 2. The first-order chi connectivity index (χ1) is 15.0. The van der Waals surface area contributed by atoms with Crippen molar-refractivity contribution in [2.45, 2.75) is 36.3 Å². The van der Waals surface area contributed by atoms with Gasteiger partial charge in [0.2, 0.25) is 0 Å². The van der Waals surface area contributed by atoms with Crippen LogP contribution in [-0.4, -0.2) is 28.5 Å². The van der Waals surface area contributed by atoms with Gasteiger partial charge in [-0.1, -0.05) is 58.4 Å². The Morgan fingerprint density at radius 3 is 2.45 bits per heavy atom. The van der Waals surface area contributed by atoms with Gasteiger partial charge in [-0.05, 0) is 47.4 Å². The number of fused-ring (bicyclic) bond motifs is 3. The van der Waals surface area contributed by atoms with E-state index >= 15 is 0 Å². The summed E-state index contributed by atoms with van der Waals surface area (Å²) >= 11 is 3.48. The molecule has 0 radical (unpaired) electrons. The lowest BCUT2D eigenvalue weighted by molar-refractivity contribution is -0.149. The van der Waals surface area contributed by atoms with Gasteiger partial charge in [-0.15, -0.1) is 0 Å². The average molecular weight is 483 g/mol. The molecule has 5 nitrogen and oxygen atoms in total. The molecular weight excluding hydrogens is 460 g/mol. The second kappa shape index (κ2) is 7.35. The maximum absolute atomic E-state index is 12.3. The van der Waals surface area contributed by atoms with Crippen LogP contribution in [0.4, 0.5) is 0 Å².